The Labute approximate surface area is 166 Å². The average Bonchev–Trinajstić information content (AvgIpc) is 2.67. The molecule has 0 saturated carbocycles. The van der Waals surface area contributed by atoms with E-state index in [-0.39, 0.29) is 29.4 Å². The quantitative estimate of drug-likeness (QED) is 0.851. The van der Waals surface area contributed by atoms with E-state index in [4.69, 9.17) is 0 Å². The molecule has 1 fully saturated rings. The van der Waals surface area contributed by atoms with E-state index >= 15 is 0 Å². The normalized spacial score (nSPS) is 14.7. The molecule has 0 spiro atoms. The average molecular weight is 391 g/mol. The number of benzene rings is 1. The molecule has 2 heterocycles. The highest BCUT2D eigenvalue weighted by Gasteiger charge is 2.26. The van der Waals surface area contributed by atoms with Gasteiger partial charge in [-0.25, -0.2) is 4.68 Å². The fraction of sp³-hybridized carbons (Fsp3) is 0.450. The van der Waals surface area contributed by atoms with Crippen LogP contribution in [0.2, 0.25) is 0 Å². The summed E-state index contributed by atoms with van der Waals surface area (Å²) < 4.78 is 1.66. The van der Waals surface area contributed by atoms with E-state index in [1.165, 1.54) is 6.07 Å². The molecular weight excluding hydrogens is 364 g/mol. The van der Waals surface area contributed by atoms with Gasteiger partial charge in [0.15, 0.2) is 5.69 Å². The summed E-state index contributed by atoms with van der Waals surface area (Å²) in [4.78, 5) is 27.0. The number of nitrogens with one attached hydrogen (secondary N) is 1. The van der Waals surface area contributed by atoms with Crippen LogP contribution in [0.25, 0.3) is 5.69 Å². The third-order valence-corrected chi connectivity index (χ3v) is 4.90. The van der Waals surface area contributed by atoms with Gasteiger partial charge in [-0.1, -0.05) is 25.1 Å². The van der Waals surface area contributed by atoms with Crippen molar-refractivity contribution in [3.05, 3.63) is 58.0 Å². The monoisotopic (exact) mass is 390 g/mol. The van der Waals surface area contributed by atoms with Crippen LogP contribution in [-0.2, 0) is 0 Å². The highest BCUT2D eigenvalue weighted by Crippen LogP contribution is 2.18. The minimum atomic E-state index is -0.311. The highest BCUT2D eigenvalue weighted by atomic mass is 35.5. The van der Waals surface area contributed by atoms with Gasteiger partial charge in [0.1, 0.15) is 0 Å². The van der Waals surface area contributed by atoms with Crippen LogP contribution < -0.4 is 10.7 Å². The fourth-order valence-corrected chi connectivity index (χ4v) is 3.36. The number of rotatable bonds is 5. The molecule has 1 saturated heterocycles. The van der Waals surface area contributed by atoms with Crippen molar-refractivity contribution < 1.29 is 4.79 Å². The maximum atomic E-state index is 12.9. The fourth-order valence-electron chi connectivity index (χ4n) is 3.36. The first-order valence-corrected chi connectivity index (χ1v) is 9.26. The lowest BCUT2D eigenvalue weighted by molar-refractivity contribution is 0.0681. The van der Waals surface area contributed by atoms with Crippen LogP contribution in [0.4, 0.5) is 0 Å². The lowest BCUT2D eigenvalue weighted by Gasteiger charge is -2.31. The molecule has 6 nitrogen and oxygen atoms in total. The predicted molar refractivity (Wildman–Crippen MR) is 109 cm³/mol. The molecule has 0 unspecified atom stereocenters. The van der Waals surface area contributed by atoms with E-state index in [2.05, 4.69) is 17.3 Å². The lowest BCUT2D eigenvalue weighted by Crippen LogP contribution is -2.43. The van der Waals surface area contributed by atoms with Crippen molar-refractivity contribution in [3.63, 3.8) is 0 Å². The molecule has 0 radical (unpaired) electrons. The number of aromatic nitrogens is 2. The number of hydrogen-bond donors (Lipinski definition) is 1. The Balaban J connectivity index is 0.00000261. The summed E-state index contributed by atoms with van der Waals surface area (Å²) in [7, 11) is 0. The second-order valence-electron chi connectivity index (χ2n) is 6.79. The number of nitrogens with zero attached hydrogens (tertiary/aromatic N) is 3. The third-order valence-electron chi connectivity index (χ3n) is 4.90. The van der Waals surface area contributed by atoms with Crippen LogP contribution in [0.1, 0.15) is 35.9 Å². The van der Waals surface area contributed by atoms with Gasteiger partial charge < -0.3 is 10.2 Å². The molecule has 0 atom stereocenters. The van der Waals surface area contributed by atoms with Gasteiger partial charge in [-0.2, -0.15) is 5.10 Å². The minimum Gasteiger partial charge on any atom is -0.337 e. The van der Waals surface area contributed by atoms with Crippen LogP contribution >= 0.6 is 12.4 Å². The number of amides is 1. The minimum absolute atomic E-state index is 0. The molecule has 27 heavy (non-hydrogen) atoms. The number of likely N-dealkylation sites (tertiary alicyclic amines) is 1. The summed E-state index contributed by atoms with van der Waals surface area (Å²) in [6.45, 7) is 7.22. The van der Waals surface area contributed by atoms with Gasteiger partial charge in [0.05, 0.1) is 5.69 Å². The SMILES string of the molecule is CCNCC1CCN(C(=O)c2nn(-c3ccccc3)c(C)cc2=O)CC1.Cl. The highest BCUT2D eigenvalue weighted by molar-refractivity contribution is 5.92. The smallest absolute Gasteiger partial charge is 0.278 e. The molecule has 7 heteroatoms. The molecule has 3 rings (SSSR count). The first kappa shape index (κ1) is 21.1. The number of carbonyl (C=O) groups excluding carboxylic acids is 1. The Morgan fingerprint density at radius 1 is 1.22 bits per heavy atom. The van der Waals surface area contributed by atoms with E-state index in [1.807, 2.05) is 37.3 Å². The first-order valence-electron chi connectivity index (χ1n) is 9.26. The van der Waals surface area contributed by atoms with E-state index in [9.17, 15) is 9.59 Å². The lowest BCUT2D eigenvalue weighted by atomic mass is 9.96. The van der Waals surface area contributed by atoms with Crippen molar-refractivity contribution in [1.29, 1.82) is 0 Å². The summed E-state index contributed by atoms with van der Waals surface area (Å²) in [5.74, 6) is 0.326. The number of carbonyl (C=O) groups is 1. The number of halogens is 1. The number of para-hydroxylation sites is 1. The zero-order chi connectivity index (χ0) is 18.5. The van der Waals surface area contributed by atoms with Crippen molar-refractivity contribution in [2.75, 3.05) is 26.2 Å². The molecule has 1 aliphatic heterocycles. The standard InChI is InChI=1S/C20H26N4O2.ClH/c1-3-21-14-16-9-11-23(12-10-16)20(26)19-18(25)13-15(2)24(22-19)17-7-5-4-6-8-17;/h4-8,13,16,21H,3,9-12,14H2,1-2H3;1H. The van der Waals surface area contributed by atoms with Crippen molar-refractivity contribution in [3.8, 4) is 5.69 Å². The van der Waals surface area contributed by atoms with E-state index in [0.717, 1.165) is 31.6 Å². The van der Waals surface area contributed by atoms with Gasteiger partial charge >= 0.3 is 0 Å². The Morgan fingerprint density at radius 3 is 2.52 bits per heavy atom. The largest absolute Gasteiger partial charge is 0.337 e. The Kier molecular flexibility index (Phi) is 7.56. The van der Waals surface area contributed by atoms with Gasteiger partial charge in [0.2, 0.25) is 5.43 Å². The summed E-state index contributed by atoms with van der Waals surface area (Å²) >= 11 is 0. The summed E-state index contributed by atoms with van der Waals surface area (Å²) in [5, 5.41) is 7.75. The van der Waals surface area contributed by atoms with E-state index < -0.39 is 0 Å². The van der Waals surface area contributed by atoms with Crippen molar-refractivity contribution >= 4 is 18.3 Å². The van der Waals surface area contributed by atoms with Crippen LogP contribution in [0, 0.1) is 12.8 Å². The van der Waals surface area contributed by atoms with Gasteiger partial charge in [0.25, 0.3) is 5.91 Å². The van der Waals surface area contributed by atoms with Gasteiger partial charge in [0, 0.05) is 24.8 Å². The Morgan fingerprint density at radius 2 is 1.89 bits per heavy atom. The third kappa shape index (κ3) is 4.96. The molecular formula is C20H27ClN4O2. The molecule has 1 amide bonds. The number of aryl methyl sites for hydroxylation is 1. The van der Waals surface area contributed by atoms with E-state index in [1.54, 1.807) is 9.58 Å². The van der Waals surface area contributed by atoms with Crippen molar-refractivity contribution in [2.24, 2.45) is 5.92 Å². The van der Waals surface area contributed by atoms with Crippen LogP contribution in [0.15, 0.2) is 41.2 Å². The summed E-state index contributed by atoms with van der Waals surface area (Å²) in [6, 6.07) is 11.0. The predicted octanol–water partition coefficient (Wildman–Crippen LogP) is 2.42. The zero-order valence-corrected chi connectivity index (χ0v) is 16.7. The van der Waals surface area contributed by atoms with Crippen molar-refractivity contribution in [2.45, 2.75) is 26.7 Å². The van der Waals surface area contributed by atoms with Gasteiger partial charge in [-0.3, -0.25) is 9.59 Å². The molecule has 146 valence electrons. The van der Waals surface area contributed by atoms with E-state index in [0.29, 0.717) is 24.7 Å². The maximum Gasteiger partial charge on any atom is 0.278 e. The number of piperidine rings is 1. The molecule has 0 bridgehead atoms. The molecule has 0 aliphatic carbocycles. The van der Waals surface area contributed by atoms with Gasteiger partial charge in [-0.05, 0) is 50.9 Å². The molecule has 1 aliphatic rings. The molecule has 1 aromatic heterocycles. The van der Waals surface area contributed by atoms with Crippen LogP contribution in [-0.4, -0.2) is 46.8 Å². The molecule has 1 N–H and O–H groups in total. The Hall–Kier alpha value is -2.18. The summed E-state index contributed by atoms with van der Waals surface area (Å²) in [6.07, 6.45) is 1.91. The second-order valence-corrected chi connectivity index (χ2v) is 6.79. The molecule has 2 aromatic rings. The second kappa shape index (κ2) is 9.67. The topological polar surface area (TPSA) is 67.2 Å². The van der Waals surface area contributed by atoms with Crippen molar-refractivity contribution in [1.82, 2.24) is 20.0 Å². The van der Waals surface area contributed by atoms with Crippen LogP contribution in [0.5, 0.6) is 0 Å². The molecule has 1 aromatic carbocycles. The van der Waals surface area contributed by atoms with Crippen LogP contribution in [0.3, 0.4) is 0 Å². The first-order chi connectivity index (χ1) is 12.6. The number of hydrogen-bond acceptors (Lipinski definition) is 4. The zero-order valence-electron chi connectivity index (χ0n) is 15.9. The summed E-state index contributed by atoms with van der Waals surface area (Å²) in [5.41, 5.74) is 1.24. The van der Waals surface area contributed by atoms with Gasteiger partial charge in [-0.15, -0.1) is 12.4 Å². The maximum absolute atomic E-state index is 12.9. The Bertz CT molecular complexity index is 814.